The minimum Gasteiger partial charge on any atom is -0.496 e. The number of methoxy groups -OCH3 is 1. The van der Waals surface area contributed by atoms with Gasteiger partial charge in [0.05, 0.1) is 7.11 Å². The zero-order valence-corrected chi connectivity index (χ0v) is 19.9. The van der Waals surface area contributed by atoms with Gasteiger partial charge in [0, 0.05) is 37.7 Å². The Morgan fingerprint density at radius 1 is 0.875 bits per heavy atom. The average Bonchev–Trinajstić information content (AvgIpc) is 2.68. The molecule has 0 spiro atoms. The van der Waals surface area contributed by atoms with Gasteiger partial charge in [-0.2, -0.15) is 0 Å². The summed E-state index contributed by atoms with van der Waals surface area (Å²) in [6.07, 6.45) is -5.70. The van der Waals surface area contributed by atoms with Gasteiger partial charge in [0.15, 0.2) is 18.3 Å². The first kappa shape index (κ1) is 25.6. The zero-order valence-electron chi connectivity index (χ0n) is 18.3. The van der Waals surface area contributed by atoms with E-state index in [0.717, 1.165) is 6.92 Å². The number of rotatable bonds is 7. The SMILES string of the molecule is COc1ccc(Br)cc1[C@H]1O[C@H](COC(C)=O)[C@@H](OC(C)=O)[C@H](OC(C)=O)[C@@H]1OC(C)=O. The normalized spacial score (nSPS) is 24.8. The van der Waals surface area contributed by atoms with Gasteiger partial charge in [-0.05, 0) is 18.2 Å². The molecule has 0 N–H and O–H groups in total. The molecular formula is C21H25BrO10. The van der Waals surface area contributed by atoms with Crippen LogP contribution in [0.25, 0.3) is 0 Å². The van der Waals surface area contributed by atoms with Crippen molar-refractivity contribution in [1.29, 1.82) is 0 Å². The van der Waals surface area contributed by atoms with Gasteiger partial charge in [-0.15, -0.1) is 0 Å². The van der Waals surface area contributed by atoms with Gasteiger partial charge < -0.3 is 28.4 Å². The van der Waals surface area contributed by atoms with Gasteiger partial charge in [-0.3, -0.25) is 19.2 Å². The molecule has 176 valence electrons. The summed E-state index contributed by atoms with van der Waals surface area (Å²) < 4.78 is 33.6. The summed E-state index contributed by atoms with van der Waals surface area (Å²) in [7, 11) is 1.46. The lowest BCUT2D eigenvalue weighted by Crippen LogP contribution is -2.59. The summed E-state index contributed by atoms with van der Waals surface area (Å²) in [5.74, 6) is -2.23. The maximum absolute atomic E-state index is 11.9. The van der Waals surface area contributed by atoms with E-state index >= 15 is 0 Å². The first-order valence-electron chi connectivity index (χ1n) is 9.67. The molecule has 2 rings (SSSR count). The third-order valence-electron chi connectivity index (χ3n) is 4.49. The highest BCUT2D eigenvalue weighted by molar-refractivity contribution is 9.10. The summed E-state index contributed by atoms with van der Waals surface area (Å²) in [6, 6.07) is 5.11. The standard InChI is InChI=1S/C21H25BrO10/c1-10(23)28-9-17-19(29-11(2)24)21(31-13(4)26)20(30-12(3)25)18(32-17)15-8-14(22)6-7-16(15)27-5/h6-8,17-21H,9H2,1-5H3/t17-,18-,19-,20-,21+/m1/s1. The van der Waals surface area contributed by atoms with Gasteiger partial charge in [0.2, 0.25) is 0 Å². The van der Waals surface area contributed by atoms with Crippen LogP contribution in [-0.4, -0.2) is 62.0 Å². The first-order chi connectivity index (χ1) is 15.0. The summed E-state index contributed by atoms with van der Waals surface area (Å²) >= 11 is 3.38. The Labute approximate surface area is 193 Å². The van der Waals surface area contributed by atoms with E-state index in [1.54, 1.807) is 18.2 Å². The number of hydrogen-bond donors (Lipinski definition) is 0. The van der Waals surface area contributed by atoms with Crippen LogP contribution in [0.4, 0.5) is 0 Å². The number of hydrogen-bond acceptors (Lipinski definition) is 10. The van der Waals surface area contributed by atoms with Crippen LogP contribution in [0.15, 0.2) is 22.7 Å². The molecular weight excluding hydrogens is 492 g/mol. The second-order valence-corrected chi connectivity index (χ2v) is 7.92. The molecule has 0 unspecified atom stereocenters. The molecule has 0 radical (unpaired) electrons. The molecule has 1 aromatic rings. The largest absolute Gasteiger partial charge is 0.496 e. The topological polar surface area (TPSA) is 124 Å². The van der Waals surface area contributed by atoms with E-state index in [0.29, 0.717) is 15.8 Å². The van der Waals surface area contributed by atoms with Gasteiger partial charge >= 0.3 is 23.9 Å². The van der Waals surface area contributed by atoms with E-state index in [4.69, 9.17) is 28.4 Å². The third kappa shape index (κ3) is 6.67. The molecule has 11 heteroatoms. The Morgan fingerprint density at radius 2 is 1.44 bits per heavy atom. The highest BCUT2D eigenvalue weighted by Crippen LogP contribution is 2.41. The van der Waals surface area contributed by atoms with Crippen molar-refractivity contribution < 1.29 is 47.6 Å². The molecule has 5 atom stereocenters. The number of halogens is 1. The maximum Gasteiger partial charge on any atom is 0.303 e. The van der Waals surface area contributed by atoms with Crippen LogP contribution in [0, 0.1) is 0 Å². The molecule has 32 heavy (non-hydrogen) atoms. The Morgan fingerprint density at radius 3 is 1.97 bits per heavy atom. The lowest BCUT2D eigenvalue weighted by Gasteiger charge is -2.44. The zero-order chi connectivity index (χ0) is 24.0. The molecule has 1 saturated heterocycles. The molecule has 10 nitrogen and oxygen atoms in total. The van der Waals surface area contributed by atoms with E-state index in [-0.39, 0.29) is 6.61 Å². The van der Waals surface area contributed by atoms with E-state index in [1.165, 1.54) is 27.9 Å². The molecule has 1 aromatic carbocycles. The van der Waals surface area contributed by atoms with Crippen molar-refractivity contribution in [2.24, 2.45) is 0 Å². The molecule has 0 bridgehead atoms. The van der Waals surface area contributed by atoms with E-state index in [9.17, 15) is 19.2 Å². The number of ether oxygens (including phenoxy) is 6. The summed E-state index contributed by atoms with van der Waals surface area (Å²) in [4.78, 5) is 47.0. The number of carbonyl (C=O) groups is 4. The monoisotopic (exact) mass is 516 g/mol. The maximum atomic E-state index is 11.9. The van der Waals surface area contributed by atoms with Crippen molar-refractivity contribution >= 4 is 39.8 Å². The predicted octanol–water partition coefficient (Wildman–Crippen LogP) is 2.26. The van der Waals surface area contributed by atoms with Crippen molar-refractivity contribution in [2.75, 3.05) is 13.7 Å². The smallest absolute Gasteiger partial charge is 0.303 e. The first-order valence-corrected chi connectivity index (χ1v) is 10.5. The Kier molecular flexibility index (Phi) is 9.02. The molecule has 0 aliphatic carbocycles. The highest BCUT2D eigenvalue weighted by atomic mass is 79.9. The Hall–Kier alpha value is -2.66. The van der Waals surface area contributed by atoms with Gasteiger partial charge in [0.25, 0.3) is 0 Å². The molecule has 1 fully saturated rings. The third-order valence-corrected chi connectivity index (χ3v) is 4.98. The van der Waals surface area contributed by atoms with Crippen molar-refractivity contribution in [3.05, 3.63) is 28.2 Å². The van der Waals surface area contributed by atoms with E-state index < -0.39 is 54.4 Å². The van der Waals surface area contributed by atoms with Gasteiger partial charge in [-0.1, -0.05) is 15.9 Å². The van der Waals surface area contributed by atoms with Gasteiger partial charge in [-0.25, -0.2) is 0 Å². The fraction of sp³-hybridized carbons (Fsp3) is 0.524. The molecule has 1 heterocycles. The molecule has 0 aromatic heterocycles. The molecule has 1 aliphatic heterocycles. The minimum atomic E-state index is -1.25. The van der Waals surface area contributed by atoms with Crippen LogP contribution in [0.3, 0.4) is 0 Å². The number of benzene rings is 1. The Balaban J connectivity index is 2.62. The molecule has 1 aliphatic rings. The quantitative estimate of drug-likeness (QED) is 0.393. The van der Waals surface area contributed by atoms with Crippen LogP contribution in [0.2, 0.25) is 0 Å². The average molecular weight is 517 g/mol. The summed E-state index contributed by atoms with van der Waals surface area (Å²) in [6.45, 7) is 4.43. The van der Waals surface area contributed by atoms with Crippen molar-refractivity contribution in [3.8, 4) is 5.75 Å². The minimum absolute atomic E-state index is 0.301. The molecule has 0 saturated carbocycles. The lowest BCUT2D eigenvalue weighted by atomic mass is 9.90. The predicted molar refractivity (Wildman–Crippen MR) is 112 cm³/mol. The van der Waals surface area contributed by atoms with Crippen LogP contribution in [-0.2, 0) is 42.9 Å². The van der Waals surface area contributed by atoms with E-state index in [1.807, 2.05) is 0 Å². The summed E-state index contributed by atoms with van der Waals surface area (Å²) in [5, 5.41) is 0. The fourth-order valence-corrected chi connectivity index (χ4v) is 3.79. The van der Waals surface area contributed by atoms with Crippen LogP contribution in [0.5, 0.6) is 5.75 Å². The number of esters is 4. The second kappa shape index (κ2) is 11.3. The van der Waals surface area contributed by atoms with Crippen molar-refractivity contribution in [1.82, 2.24) is 0 Å². The van der Waals surface area contributed by atoms with Gasteiger partial charge in [0.1, 0.15) is 24.6 Å². The van der Waals surface area contributed by atoms with Crippen LogP contribution < -0.4 is 4.74 Å². The lowest BCUT2D eigenvalue weighted by molar-refractivity contribution is -0.254. The van der Waals surface area contributed by atoms with E-state index in [2.05, 4.69) is 15.9 Å². The van der Waals surface area contributed by atoms with Crippen molar-refractivity contribution in [3.63, 3.8) is 0 Å². The van der Waals surface area contributed by atoms with Crippen molar-refractivity contribution in [2.45, 2.75) is 58.2 Å². The Bertz CT molecular complexity index is 870. The highest BCUT2D eigenvalue weighted by Gasteiger charge is 2.53. The molecule has 0 amide bonds. The fourth-order valence-electron chi connectivity index (χ4n) is 3.41. The van der Waals surface area contributed by atoms with Crippen LogP contribution >= 0.6 is 15.9 Å². The summed E-state index contributed by atoms with van der Waals surface area (Å²) in [5.41, 5.74) is 0.472. The second-order valence-electron chi connectivity index (χ2n) is 7.01. The number of carbonyl (C=O) groups excluding carboxylic acids is 4. The van der Waals surface area contributed by atoms with Crippen LogP contribution in [0.1, 0.15) is 39.4 Å².